The van der Waals surface area contributed by atoms with E-state index in [0.29, 0.717) is 0 Å². The number of aliphatic hydroxyl groups is 6. The number of methoxy groups -OCH3 is 1. The van der Waals surface area contributed by atoms with Gasteiger partial charge in [-0.2, -0.15) is 0 Å². The van der Waals surface area contributed by atoms with E-state index in [4.69, 9.17) is 28.1 Å². The lowest BCUT2D eigenvalue weighted by molar-refractivity contribution is -0.344. The van der Waals surface area contributed by atoms with Gasteiger partial charge < -0.3 is 74.7 Å². The molecule has 16 heteroatoms. The SMILES string of the molecule is COc1cc(-c2[o+]c3cc(O)cc(O)c3cc2O[C@@H]2O[C@H](CO)[C@@H](O)[C@H](O)[C@H]2O[C@H]2OC[C@H](O)[C@@H](O)[C@H]2O)cc(O)c1O. The van der Waals surface area contributed by atoms with Gasteiger partial charge in [0, 0.05) is 24.3 Å². The van der Waals surface area contributed by atoms with Crippen LogP contribution < -0.4 is 9.47 Å². The first-order chi connectivity index (χ1) is 20.4. The smallest absolute Gasteiger partial charge is 0.402 e. The zero-order valence-corrected chi connectivity index (χ0v) is 22.4. The van der Waals surface area contributed by atoms with Crippen molar-refractivity contribution in [1.29, 1.82) is 0 Å². The van der Waals surface area contributed by atoms with Crippen LogP contribution in [0.25, 0.3) is 22.3 Å². The fraction of sp³-hybridized carbons (Fsp3) is 0.444. The van der Waals surface area contributed by atoms with E-state index >= 15 is 0 Å². The van der Waals surface area contributed by atoms with Gasteiger partial charge in [-0.25, -0.2) is 4.42 Å². The highest BCUT2D eigenvalue weighted by Gasteiger charge is 2.50. The van der Waals surface area contributed by atoms with Crippen molar-refractivity contribution in [2.75, 3.05) is 20.3 Å². The molecule has 2 aliphatic rings. The average molecular weight is 612 g/mol. The first-order valence-electron chi connectivity index (χ1n) is 13.0. The summed E-state index contributed by atoms with van der Waals surface area (Å²) < 4.78 is 33.7. The number of rotatable bonds is 7. The molecule has 0 unspecified atom stereocenters. The van der Waals surface area contributed by atoms with E-state index in [1.54, 1.807) is 0 Å². The normalized spacial score (nSPS) is 31.2. The Labute approximate surface area is 242 Å². The van der Waals surface area contributed by atoms with Crippen LogP contribution in [-0.4, -0.2) is 127 Å². The first kappa shape index (κ1) is 30.7. The molecule has 234 valence electrons. The molecule has 0 bridgehead atoms. The molecule has 0 saturated carbocycles. The van der Waals surface area contributed by atoms with Crippen molar-refractivity contribution in [1.82, 2.24) is 0 Å². The number of fused-ring (bicyclic) bond motifs is 1. The molecule has 2 saturated heterocycles. The van der Waals surface area contributed by atoms with E-state index in [-0.39, 0.29) is 39.5 Å². The Bertz CT molecular complexity index is 1460. The zero-order chi connectivity index (χ0) is 31.2. The summed E-state index contributed by atoms with van der Waals surface area (Å²) in [5, 5.41) is 102. The highest BCUT2D eigenvalue weighted by molar-refractivity contribution is 5.88. The second-order valence-electron chi connectivity index (χ2n) is 10.0. The summed E-state index contributed by atoms with van der Waals surface area (Å²) in [7, 11) is 1.24. The predicted octanol–water partition coefficient (Wildman–Crippen LogP) is -1.15. The number of aliphatic hydroxyl groups excluding tert-OH is 6. The average Bonchev–Trinajstić information content (AvgIpc) is 2.97. The molecule has 0 spiro atoms. The topological polar surface area (TPSA) is 260 Å². The van der Waals surface area contributed by atoms with Crippen LogP contribution >= 0.6 is 0 Å². The molecule has 3 heterocycles. The minimum Gasteiger partial charge on any atom is -0.507 e. The largest absolute Gasteiger partial charge is 0.507 e. The van der Waals surface area contributed by atoms with Gasteiger partial charge in [-0.3, -0.25) is 0 Å². The third-order valence-electron chi connectivity index (χ3n) is 7.17. The Morgan fingerprint density at radius 1 is 0.837 bits per heavy atom. The minimum absolute atomic E-state index is 0.0298. The van der Waals surface area contributed by atoms with E-state index < -0.39 is 85.8 Å². The van der Waals surface area contributed by atoms with Crippen molar-refractivity contribution >= 4 is 11.0 Å². The lowest BCUT2D eigenvalue weighted by Crippen LogP contribution is -2.63. The van der Waals surface area contributed by atoms with Gasteiger partial charge in [0.2, 0.25) is 17.8 Å². The van der Waals surface area contributed by atoms with Crippen molar-refractivity contribution in [3.8, 4) is 45.8 Å². The predicted molar refractivity (Wildman–Crippen MR) is 140 cm³/mol. The summed E-state index contributed by atoms with van der Waals surface area (Å²) in [4.78, 5) is 0. The quantitative estimate of drug-likeness (QED) is 0.112. The van der Waals surface area contributed by atoms with Gasteiger partial charge in [-0.05, 0) is 0 Å². The molecule has 2 aliphatic heterocycles. The molecule has 0 radical (unpaired) electrons. The Morgan fingerprint density at radius 2 is 1.58 bits per heavy atom. The molecule has 10 N–H and O–H groups in total. The highest BCUT2D eigenvalue weighted by atomic mass is 16.8. The number of hydrogen-bond donors (Lipinski definition) is 10. The van der Waals surface area contributed by atoms with Crippen LogP contribution in [-0.2, 0) is 14.2 Å². The number of phenolic OH excluding ortho intramolecular Hbond substituents is 4. The maximum atomic E-state index is 10.9. The van der Waals surface area contributed by atoms with Gasteiger partial charge in [-0.15, -0.1) is 0 Å². The third-order valence-corrected chi connectivity index (χ3v) is 7.17. The molecule has 2 aromatic carbocycles. The third kappa shape index (κ3) is 5.79. The molecular weight excluding hydrogens is 580 g/mol. The van der Waals surface area contributed by atoms with E-state index in [1.807, 2.05) is 0 Å². The van der Waals surface area contributed by atoms with E-state index in [1.165, 1.54) is 25.3 Å². The summed E-state index contributed by atoms with van der Waals surface area (Å²) in [6.07, 6.45) is -14.8. The van der Waals surface area contributed by atoms with E-state index in [2.05, 4.69) is 0 Å². The van der Waals surface area contributed by atoms with Crippen LogP contribution in [0.4, 0.5) is 0 Å². The summed E-state index contributed by atoms with van der Waals surface area (Å²) in [5.74, 6) is -2.52. The molecule has 43 heavy (non-hydrogen) atoms. The summed E-state index contributed by atoms with van der Waals surface area (Å²) in [6.45, 7) is -1.21. The Morgan fingerprint density at radius 3 is 2.28 bits per heavy atom. The van der Waals surface area contributed by atoms with Crippen molar-refractivity contribution in [2.24, 2.45) is 0 Å². The number of benzene rings is 2. The van der Waals surface area contributed by atoms with Crippen LogP contribution in [0.2, 0.25) is 0 Å². The van der Waals surface area contributed by atoms with Crippen LogP contribution in [0, 0.1) is 0 Å². The monoisotopic (exact) mass is 611 g/mol. The molecule has 0 aliphatic carbocycles. The lowest BCUT2D eigenvalue weighted by Gasteiger charge is -2.44. The second kappa shape index (κ2) is 12.1. The van der Waals surface area contributed by atoms with Gasteiger partial charge in [-0.1, -0.05) is 0 Å². The second-order valence-corrected chi connectivity index (χ2v) is 10.0. The summed E-state index contributed by atoms with van der Waals surface area (Å²) in [6, 6.07) is 5.85. The standard InChI is InChI=1S/C27H30O16/c1-38-16-3-9(2-13(31)19(16)33)24-17(6-11-12(30)4-10(29)5-15(11)40-24)41-27-25(22(36)21(35)18(7-28)42-27)43-26-23(37)20(34)14(32)8-39-26/h2-6,14,18,20-23,25-28,32,34-37H,7-8H2,1H3,(H3-,29,30,31,33)/p+1/t14-,18+,20+,21+,22-,23+,25+,26+,27+/m0/s1. The molecule has 3 aromatic rings. The maximum absolute atomic E-state index is 10.9. The number of phenols is 4. The molecule has 0 amide bonds. The maximum Gasteiger partial charge on any atom is 0.402 e. The van der Waals surface area contributed by atoms with Crippen LogP contribution in [0.15, 0.2) is 34.7 Å². The van der Waals surface area contributed by atoms with Gasteiger partial charge in [0.15, 0.2) is 23.9 Å². The summed E-state index contributed by atoms with van der Waals surface area (Å²) >= 11 is 0. The van der Waals surface area contributed by atoms with Crippen molar-refractivity contribution in [3.05, 3.63) is 30.3 Å². The molecule has 2 fully saturated rings. The van der Waals surface area contributed by atoms with Crippen LogP contribution in [0.5, 0.6) is 34.5 Å². The van der Waals surface area contributed by atoms with Crippen molar-refractivity contribution < 1.29 is 79.2 Å². The van der Waals surface area contributed by atoms with Crippen LogP contribution in [0.1, 0.15) is 0 Å². The zero-order valence-electron chi connectivity index (χ0n) is 22.4. The van der Waals surface area contributed by atoms with Crippen molar-refractivity contribution in [2.45, 2.75) is 55.3 Å². The Kier molecular flexibility index (Phi) is 8.66. The molecule has 9 atom stereocenters. The van der Waals surface area contributed by atoms with E-state index in [9.17, 15) is 51.1 Å². The first-order valence-corrected chi connectivity index (χ1v) is 13.0. The van der Waals surface area contributed by atoms with Gasteiger partial charge in [0.1, 0.15) is 53.5 Å². The van der Waals surface area contributed by atoms with Crippen molar-refractivity contribution in [3.63, 3.8) is 0 Å². The highest BCUT2D eigenvalue weighted by Crippen LogP contribution is 2.45. The lowest BCUT2D eigenvalue weighted by atomic mass is 9.98. The molecule has 5 rings (SSSR count). The number of ether oxygens (including phenoxy) is 5. The van der Waals surface area contributed by atoms with Gasteiger partial charge in [0.25, 0.3) is 0 Å². The summed E-state index contributed by atoms with van der Waals surface area (Å²) in [5.41, 5.74) is 0.0151. The van der Waals surface area contributed by atoms with Gasteiger partial charge in [0.05, 0.1) is 32.0 Å². The Hall–Kier alpha value is -3.71. The van der Waals surface area contributed by atoms with Crippen LogP contribution in [0.3, 0.4) is 0 Å². The van der Waals surface area contributed by atoms with E-state index in [0.717, 1.165) is 12.1 Å². The molecule has 16 nitrogen and oxygen atoms in total. The fourth-order valence-corrected chi connectivity index (χ4v) is 4.83. The number of hydrogen-bond acceptors (Lipinski definition) is 15. The van der Waals surface area contributed by atoms with Gasteiger partial charge >= 0.3 is 11.3 Å². The molecule has 1 aromatic heterocycles. The fourth-order valence-electron chi connectivity index (χ4n) is 4.83. The minimum atomic E-state index is -1.82. The number of aromatic hydroxyl groups is 4. The molecular formula is C27H31O16+. The Balaban J connectivity index is 1.60.